The number of imide groups is 1. The van der Waals surface area contributed by atoms with Gasteiger partial charge in [0, 0.05) is 18.2 Å². The van der Waals surface area contributed by atoms with E-state index in [1.54, 1.807) is 0 Å². The van der Waals surface area contributed by atoms with E-state index < -0.39 is 28.9 Å². The van der Waals surface area contributed by atoms with E-state index in [9.17, 15) is 14.1 Å². The average molecular weight is 210 g/mol. The molecule has 1 aliphatic rings. The lowest BCUT2D eigenvalue weighted by Gasteiger charge is -2.08. The van der Waals surface area contributed by atoms with Gasteiger partial charge in [-0.3, -0.25) is 9.59 Å². The summed E-state index contributed by atoms with van der Waals surface area (Å²) in [5, 5.41) is 0. The smallest absolute Gasteiger partial charge is 0.252 e. The van der Waals surface area contributed by atoms with E-state index in [2.05, 4.69) is 0 Å². The predicted octanol–water partition coefficient (Wildman–Crippen LogP) is -0.106. The highest BCUT2D eigenvalue weighted by Crippen LogP contribution is 2.22. The Balaban J connectivity index is 2.59. The molecule has 68 valence electrons. The van der Waals surface area contributed by atoms with Crippen LogP contribution in [0.1, 0.15) is 6.42 Å². The SMILES string of the molecule is C[S+]([O-])CC1CC(=O)N(Cl)C1=O. The molecule has 0 spiro atoms. The Hall–Kier alpha value is -0.260. The largest absolute Gasteiger partial charge is 0.617 e. The molecule has 2 unspecified atom stereocenters. The fourth-order valence-electron chi connectivity index (χ4n) is 1.07. The molecule has 0 aromatic heterocycles. The Bertz CT molecular complexity index is 221. The zero-order chi connectivity index (χ0) is 9.30. The van der Waals surface area contributed by atoms with Gasteiger partial charge in [-0.25, -0.2) is 0 Å². The zero-order valence-corrected chi connectivity index (χ0v) is 8.02. The predicted molar refractivity (Wildman–Crippen MR) is 44.7 cm³/mol. The highest BCUT2D eigenvalue weighted by molar-refractivity contribution is 7.90. The van der Waals surface area contributed by atoms with Gasteiger partial charge in [0.2, 0.25) is 5.91 Å². The Morgan fingerprint density at radius 1 is 1.75 bits per heavy atom. The lowest BCUT2D eigenvalue weighted by molar-refractivity contribution is -0.133. The maximum Gasteiger partial charge on any atom is 0.252 e. The molecule has 6 heteroatoms. The second-order valence-corrected chi connectivity index (χ2v) is 4.47. The summed E-state index contributed by atoms with van der Waals surface area (Å²) in [6.07, 6.45) is 1.58. The van der Waals surface area contributed by atoms with Gasteiger partial charge in [-0.2, -0.15) is 4.42 Å². The monoisotopic (exact) mass is 209 g/mol. The Labute approximate surface area is 78.2 Å². The number of hydrogen-bond donors (Lipinski definition) is 0. The Kier molecular flexibility index (Phi) is 2.98. The van der Waals surface area contributed by atoms with Crippen LogP contribution in [-0.2, 0) is 20.8 Å². The second kappa shape index (κ2) is 3.64. The maximum absolute atomic E-state index is 11.1. The molecular weight excluding hydrogens is 202 g/mol. The number of carbonyl (C=O) groups excluding carboxylic acids is 2. The van der Waals surface area contributed by atoms with Crippen molar-refractivity contribution in [2.75, 3.05) is 12.0 Å². The van der Waals surface area contributed by atoms with Crippen molar-refractivity contribution >= 4 is 34.8 Å². The van der Waals surface area contributed by atoms with Gasteiger partial charge in [-0.15, -0.1) is 0 Å². The number of rotatable bonds is 2. The summed E-state index contributed by atoms with van der Waals surface area (Å²) in [6, 6.07) is 0. The van der Waals surface area contributed by atoms with Crippen molar-refractivity contribution < 1.29 is 14.1 Å². The van der Waals surface area contributed by atoms with Crippen LogP contribution >= 0.6 is 11.8 Å². The molecule has 0 bridgehead atoms. The van der Waals surface area contributed by atoms with Gasteiger partial charge in [-0.1, -0.05) is 11.2 Å². The first-order valence-corrected chi connectivity index (χ1v) is 5.41. The van der Waals surface area contributed by atoms with E-state index in [1.165, 1.54) is 6.26 Å². The van der Waals surface area contributed by atoms with Crippen LogP contribution in [0.2, 0.25) is 0 Å². The highest BCUT2D eigenvalue weighted by atomic mass is 35.5. The minimum Gasteiger partial charge on any atom is -0.617 e. The zero-order valence-electron chi connectivity index (χ0n) is 6.45. The number of carbonyl (C=O) groups is 2. The molecule has 0 aromatic rings. The highest BCUT2D eigenvalue weighted by Gasteiger charge is 2.39. The third-order valence-corrected chi connectivity index (χ3v) is 2.85. The molecule has 0 saturated carbocycles. The molecule has 1 fully saturated rings. The standard InChI is InChI=1S/C6H8ClNO3S/c1-12(11)3-4-2-5(9)8(7)6(4)10/h4H,2-3H2,1H3. The molecule has 1 aliphatic heterocycles. The van der Waals surface area contributed by atoms with Crippen molar-refractivity contribution in [2.24, 2.45) is 5.92 Å². The molecule has 4 nitrogen and oxygen atoms in total. The third-order valence-electron chi connectivity index (χ3n) is 1.62. The summed E-state index contributed by atoms with van der Waals surface area (Å²) in [5.41, 5.74) is 0. The van der Waals surface area contributed by atoms with Gasteiger partial charge in [0.25, 0.3) is 5.91 Å². The van der Waals surface area contributed by atoms with E-state index >= 15 is 0 Å². The number of hydrogen-bond acceptors (Lipinski definition) is 3. The van der Waals surface area contributed by atoms with Gasteiger partial charge in [0.15, 0.2) is 0 Å². The summed E-state index contributed by atoms with van der Waals surface area (Å²) in [6.45, 7) is 0. The fraction of sp³-hybridized carbons (Fsp3) is 0.667. The van der Waals surface area contributed by atoms with Crippen molar-refractivity contribution in [3.63, 3.8) is 0 Å². The van der Waals surface area contributed by atoms with E-state index in [-0.39, 0.29) is 12.2 Å². The first kappa shape index (κ1) is 9.83. The topological polar surface area (TPSA) is 60.4 Å². The lowest BCUT2D eigenvalue weighted by atomic mass is 10.1. The third kappa shape index (κ3) is 1.91. The van der Waals surface area contributed by atoms with Crippen LogP contribution in [0.4, 0.5) is 0 Å². The van der Waals surface area contributed by atoms with E-state index in [1.807, 2.05) is 0 Å². The van der Waals surface area contributed by atoms with Gasteiger partial charge >= 0.3 is 0 Å². The van der Waals surface area contributed by atoms with Crippen molar-refractivity contribution in [1.29, 1.82) is 0 Å². The van der Waals surface area contributed by atoms with Crippen LogP contribution in [0.3, 0.4) is 0 Å². The van der Waals surface area contributed by atoms with Gasteiger partial charge in [0.05, 0.1) is 12.2 Å². The van der Waals surface area contributed by atoms with Gasteiger partial charge in [0.1, 0.15) is 5.75 Å². The van der Waals surface area contributed by atoms with Gasteiger partial charge in [-0.05, 0) is 0 Å². The molecule has 1 saturated heterocycles. The van der Waals surface area contributed by atoms with Crippen LogP contribution in [0, 0.1) is 5.92 Å². The minimum atomic E-state index is -1.06. The van der Waals surface area contributed by atoms with Crippen LogP contribution in [0.5, 0.6) is 0 Å². The summed E-state index contributed by atoms with van der Waals surface area (Å²) in [4.78, 5) is 21.9. The molecule has 1 rings (SSSR count). The minimum absolute atomic E-state index is 0.0852. The normalized spacial score (nSPS) is 26.6. The van der Waals surface area contributed by atoms with Crippen molar-refractivity contribution in [3.8, 4) is 0 Å². The summed E-state index contributed by atoms with van der Waals surface area (Å²) < 4.78 is 11.3. The molecule has 0 radical (unpaired) electrons. The molecule has 1 heterocycles. The molecule has 2 atom stereocenters. The van der Waals surface area contributed by atoms with Crippen LogP contribution in [0.25, 0.3) is 0 Å². The molecule has 2 amide bonds. The second-order valence-electron chi connectivity index (χ2n) is 2.65. The van der Waals surface area contributed by atoms with Crippen molar-refractivity contribution in [3.05, 3.63) is 0 Å². The van der Waals surface area contributed by atoms with E-state index in [0.29, 0.717) is 4.42 Å². The molecule has 0 aromatic carbocycles. The summed E-state index contributed by atoms with van der Waals surface area (Å²) in [5.74, 6) is -1.11. The maximum atomic E-state index is 11.1. The number of nitrogens with zero attached hydrogens (tertiary/aromatic N) is 1. The van der Waals surface area contributed by atoms with Crippen LogP contribution < -0.4 is 0 Å². The Morgan fingerprint density at radius 3 is 2.67 bits per heavy atom. The van der Waals surface area contributed by atoms with Crippen LogP contribution in [0.15, 0.2) is 0 Å². The molecular formula is C6H8ClNO3S. The summed E-state index contributed by atoms with van der Waals surface area (Å²) in [7, 11) is 0. The number of amides is 2. The summed E-state index contributed by atoms with van der Waals surface area (Å²) >= 11 is 4.26. The first-order valence-electron chi connectivity index (χ1n) is 3.35. The van der Waals surface area contributed by atoms with E-state index in [0.717, 1.165) is 0 Å². The quantitative estimate of drug-likeness (QED) is 0.362. The average Bonchev–Trinajstić information content (AvgIpc) is 2.17. The van der Waals surface area contributed by atoms with E-state index in [4.69, 9.17) is 11.8 Å². The lowest BCUT2D eigenvalue weighted by Crippen LogP contribution is -2.24. The molecule has 0 N–H and O–H groups in total. The van der Waals surface area contributed by atoms with Crippen LogP contribution in [-0.4, -0.2) is 32.8 Å². The first-order chi connectivity index (χ1) is 5.52. The molecule has 0 aliphatic carbocycles. The fourth-order valence-corrected chi connectivity index (χ4v) is 2.11. The Morgan fingerprint density at radius 2 is 2.33 bits per heavy atom. The molecule has 12 heavy (non-hydrogen) atoms. The van der Waals surface area contributed by atoms with Crippen molar-refractivity contribution in [2.45, 2.75) is 6.42 Å². The number of halogens is 1. The van der Waals surface area contributed by atoms with Crippen molar-refractivity contribution in [1.82, 2.24) is 4.42 Å². The van der Waals surface area contributed by atoms with Gasteiger partial charge < -0.3 is 4.55 Å².